The highest BCUT2D eigenvalue weighted by Gasteiger charge is 2.25. The normalized spacial score (nSPS) is 14.0. The quantitative estimate of drug-likeness (QED) is 0.728. The molecule has 1 aromatic rings. The molecule has 2 atom stereocenters. The number of halogens is 1. The average Bonchev–Trinajstić information content (AvgIpc) is 2.50. The molecule has 4 nitrogen and oxygen atoms in total. The van der Waals surface area contributed by atoms with E-state index in [-0.39, 0.29) is 11.8 Å². The molecule has 1 aromatic carbocycles. The lowest BCUT2D eigenvalue weighted by Gasteiger charge is -2.28. The summed E-state index contributed by atoms with van der Waals surface area (Å²) in [5, 5.41) is 0.694. The number of benzene rings is 1. The molecule has 1 rings (SSSR count). The molecule has 126 valence electrons. The van der Waals surface area contributed by atoms with Gasteiger partial charge in [-0.25, -0.2) is 0 Å². The molecule has 0 fully saturated rings. The number of rotatable bonds is 9. The minimum atomic E-state index is 0.236. The lowest BCUT2D eigenvalue weighted by molar-refractivity contribution is 0.286. The Morgan fingerprint density at radius 1 is 1.00 bits per heavy atom. The van der Waals surface area contributed by atoms with Gasteiger partial charge in [-0.3, -0.25) is 0 Å². The van der Waals surface area contributed by atoms with E-state index < -0.39 is 0 Å². The van der Waals surface area contributed by atoms with Crippen molar-refractivity contribution >= 4 is 11.6 Å². The number of hydrogen-bond donors (Lipinski definition) is 2. The summed E-state index contributed by atoms with van der Waals surface area (Å²) < 4.78 is 11.3. The van der Waals surface area contributed by atoms with Gasteiger partial charge in [-0.15, -0.1) is 0 Å². The van der Waals surface area contributed by atoms with Gasteiger partial charge in [0.15, 0.2) is 11.5 Å². The first-order chi connectivity index (χ1) is 10.5. The predicted octanol–water partition coefficient (Wildman–Crippen LogP) is 3.41. The van der Waals surface area contributed by atoms with E-state index in [1.165, 1.54) is 0 Å². The van der Waals surface area contributed by atoms with Gasteiger partial charge in [0.05, 0.1) is 13.2 Å². The first-order valence-electron chi connectivity index (χ1n) is 7.99. The zero-order chi connectivity index (χ0) is 16.7. The summed E-state index contributed by atoms with van der Waals surface area (Å²) in [6.07, 6.45) is 0. The molecule has 0 aliphatic carbocycles. The molecule has 0 saturated heterocycles. The van der Waals surface area contributed by atoms with Gasteiger partial charge in [0.1, 0.15) is 0 Å². The highest BCUT2D eigenvalue weighted by atomic mass is 35.5. The van der Waals surface area contributed by atoms with Crippen molar-refractivity contribution in [3.8, 4) is 11.5 Å². The van der Waals surface area contributed by atoms with Crippen molar-refractivity contribution in [3.05, 3.63) is 22.7 Å². The van der Waals surface area contributed by atoms with Gasteiger partial charge in [-0.2, -0.15) is 0 Å². The summed E-state index contributed by atoms with van der Waals surface area (Å²) in [6.45, 7) is 10.5. The molecular weight excluding hydrogens is 300 g/mol. The van der Waals surface area contributed by atoms with E-state index in [1.807, 2.05) is 26.0 Å². The molecule has 0 bridgehead atoms. The van der Waals surface area contributed by atoms with Gasteiger partial charge < -0.3 is 20.9 Å². The van der Waals surface area contributed by atoms with Gasteiger partial charge >= 0.3 is 0 Å². The zero-order valence-electron chi connectivity index (χ0n) is 14.1. The first-order valence-corrected chi connectivity index (χ1v) is 8.36. The van der Waals surface area contributed by atoms with Gasteiger partial charge in [0, 0.05) is 11.1 Å². The molecule has 0 amide bonds. The summed E-state index contributed by atoms with van der Waals surface area (Å²) in [5.74, 6) is 2.26. The van der Waals surface area contributed by atoms with Crippen LogP contribution in [0.4, 0.5) is 0 Å². The van der Waals surface area contributed by atoms with E-state index in [0.29, 0.717) is 43.0 Å². The maximum Gasteiger partial charge on any atom is 0.162 e. The number of ether oxygens (including phenoxy) is 2. The molecule has 0 aromatic heterocycles. The van der Waals surface area contributed by atoms with Crippen molar-refractivity contribution in [1.82, 2.24) is 0 Å². The van der Waals surface area contributed by atoms with Crippen LogP contribution in [-0.4, -0.2) is 26.3 Å². The van der Waals surface area contributed by atoms with Crippen LogP contribution in [0.3, 0.4) is 0 Å². The highest BCUT2D eigenvalue weighted by molar-refractivity contribution is 6.31. The van der Waals surface area contributed by atoms with Gasteiger partial charge in [-0.05, 0) is 56.3 Å². The summed E-state index contributed by atoms with van der Waals surface area (Å²) in [7, 11) is 0. The minimum Gasteiger partial charge on any atom is -0.490 e. The van der Waals surface area contributed by atoms with E-state index >= 15 is 0 Å². The van der Waals surface area contributed by atoms with E-state index in [0.717, 1.165) is 11.3 Å². The highest BCUT2D eigenvalue weighted by Crippen LogP contribution is 2.40. The van der Waals surface area contributed by atoms with Crippen LogP contribution in [0.2, 0.25) is 5.02 Å². The van der Waals surface area contributed by atoms with Crippen LogP contribution in [0.25, 0.3) is 0 Å². The molecule has 0 aliphatic heterocycles. The van der Waals surface area contributed by atoms with Crippen molar-refractivity contribution in [1.29, 1.82) is 0 Å². The summed E-state index contributed by atoms with van der Waals surface area (Å²) in [5.41, 5.74) is 12.7. The van der Waals surface area contributed by atoms with Gasteiger partial charge in [-0.1, -0.05) is 25.4 Å². The van der Waals surface area contributed by atoms with E-state index in [2.05, 4.69) is 13.8 Å². The molecule has 2 unspecified atom stereocenters. The maximum absolute atomic E-state index is 6.47. The largest absolute Gasteiger partial charge is 0.490 e. The molecule has 0 saturated carbocycles. The number of hydrogen-bond acceptors (Lipinski definition) is 4. The van der Waals surface area contributed by atoms with Crippen LogP contribution in [0.15, 0.2) is 12.1 Å². The van der Waals surface area contributed by atoms with Crippen LogP contribution in [-0.2, 0) is 0 Å². The van der Waals surface area contributed by atoms with Crippen LogP contribution in [0.5, 0.6) is 11.5 Å². The maximum atomic E-state index is 6.47. The fourth-order valence-electron chi connectivity index (χ4n) is 2.65. The van der Waals surface area contributed by atoms with Crippen LogP contribution in [0, 0.1) is 11.8 Å². The molecule has 0 radical (unpaired) electrons. The van der Waals surface area contributed by atoms with Crippen molar-refractivity contribution in [2.75, 3.05) is 26.3 Å². The van der Waals surface area contributed by atoms with Crippen LogP contribution >= 0.6 is 11.6 Å². The third-order valence-electron chi connectivity index (χ3n) is 4.29. The fraction of sp³-hybridized carbons (Fsp3) is 0.647. The predicted molar refractivity (Wildman–Crippen MR) is 93.0 cm³/mol. The van der Waals surface area contributed by atoms with E-state index in [1.54, 1.807) is 0 Å². The first kappa shape index (κ1) is 19.1. The monoisotopic (exact) mass is 328 g/mol. The van der Waals surface area contributed by atoms with E-state index in [4.69, 9.17) is 32.5 Å². The van der Waals surface area contributed by atoms with Crippen molar-refractivity contribution in [3.63, 3.8) is 0 Å². The molecule has 22 heavy (non-hydrogen) atoms. The standard InChI is InChI=1S/C17H29ClN2O2/c1-5-21-16-7-14(15(18)8-17(16)22-6-2)12(4)11(3)13(9-19)10-20/h7-8,11-13H,5-6,9-10,19-20H2,1-4H3. The fourth-order valence-corrected chi connectivity index (χ4v) is 2.98. The van der Waals surface area contributed by atoms with Crippen LogP contribution in [0.1, 0.15) is 39.2 Å². The molecule has 0 aliphatic rings. The lowest BCUT2D eigenvalue weighted by atomic mass is 9.80. The third kappa shape index (κ3) is 4.51. The summed E-state index contributed by atoms with van der Waals surface area (Å²) in [6, 6.07) is 3.83. The molecule has 5 heteroatoms. The van der Waals surface area contributed by atoms with Crippen molar-refractivity contribution in [2.45, 2.75) is 33.6 Å². The second kappa shape index (κ2) is 9.23. The molecule has 0 spiro atoms. The Morgan fingerprint density at radius 2 is 1.50 bits per heavy atom. The molecular formula is C17H29ClN2O2. The van der Waals surface area contributed by atoms with E-state index in [9.17, 15) is 0 Å². The number of nitrogens with two attached hydrogens (primary N) is 2. The minimum absolute atomic E-state index is 0.236. The van der Waals surface area contributed by atoms with Crippen molar-refractivity contribution in [2.24, 2.45) is 23.3 Å². The smallest absolute Gasteiger partial charge is 0.162 e. The van der Waals surface area contributed by atoms with Crippen LogP contribution < -0.4 is 20.9 Å². The third-order valence-corrected chi connectivity index (χ3v) is 4.62. The van der Waals surface area contributed by atoms with Gasteiger partial charge in [0.25, 0.3) is 0 Å². The Kier molecular flexibility index (Phi) is 8.01. The summed E-state index contributed by atoms with van der Waals surface area (Å²) >= 11 is 6.47. The Bertz CT molecular complexity index is 464. The average molecular weight is 329 g/mol. The Balaban J connectivity index is 3.14. The Hall–Kier alpha value is -0.970. The Morgan fingerprint density at radius 3 is 1.95 bits per heavy atom. The zero-order valence-corrected chi connectivity index (χ0v) is 14.8. The Labute approximate surface area is 139 Å². The molecule has 4 N–H and O–H groups in total. The topological polar surface area (TPSA) is 70.5 Å². The second-order valence-electron chi connectivity index (χ2n) is 5.57. The SMILES string of the molecule is CCOc1cc(Cl)c(C(C)C(C)C(CN)CN)cc1OCC. The molecule has 0 heterocycles. The second-order valence-corrected chi connectivity index (χ2v) is 5.97. The lowest BCUT2D eigenvalue weighted by Crippen LogP contribution is -2.31. The van der Waals surface area contributed by atoms with Crippen molar-refractivity contribution < 1.29 is 9.47 Å². The summed E-state index contributed by atoms with van der Waals surface area (Å²) in [4.78, 5) is 0. The van der Waals surface area contributed by atoms with Gasteiger partial charge in [0.2, 0.25) is 0 Å².